The van der Waals surface area contributed by atoms with Gasteiger partial charge in [0.25, 0.3) is 10.0 Å². The van der Waals surface area contributed by atoms with Crippen LogP contribution in [0.1, 0.15) is 39.0 Å². The summed E-state index contributed by atoms with van der Waals surface area (Å²) in [5.41, 5.74) is 2.75. The molecule has 1 saturated carbocycles. The Kier molecular flexibility index (Phi) is 4.95. The van der Waals surface area contributed by atoms with Crippen LogP contribution in [0.15, 0.2) is 23.4 Å². The maximum absolute atomic E-state index is 12.8. The molecule has 3 N–H and O–H groups in total. The lowest BCUT2D eigenvalue weighted by molar-refractivity contribution is 0.261. The van der Waals surface area contributed by atoms with Gasteiger partial charge in [0, 0.05) is 18.8 Å². The number of aromatic nitrogens is 1. The number of hydrogen-bond acceptors (Lipinski definition) is 5. The van der Waals surface area contributed by atoms with E-state index in [0.29, 0.717) is 12.2 Å². The van der Waals surface area contributed by atoms with Crippen LogP contribution in [-0.4, -0.2) is 30.3 Å². The van der Waals surface area contributed by atoms with Gasteiger partial charge in [-0.05, 0) is 25.0 Å². The lowest BCUT2D eigenvalue weighted by atomic mass is 9.95. The van der Waals surface area contributed by atoms with Gasteiger partial charge in [0.2, 0.25) is 0 Å². The van der Waals surface area contributed by atoms with E-state index in [1.54, 1.807) is 16.4 Å². The van der Waals surface area contributed by atoms with Crippen LogP contribution in [0.2, 0.25) is 0 Å². The van der Waals surface area contributed by atoms with Crippen molar-refractivity contribution in [2.45, 2.75) is 50.1 Å². The Morgan fingerprint density at radius 2 is 2.10 bits per heavy atom. The molecule has 20 heavy (non-hydrogen) atoms. The van der Waals surface area contributed by atoms with Gasteiger partial charge in [-0.1, -0.05) is 26.2 Å². The van der Waals surface area contributed by atoms with Crippen LogP contribution in [0.3, 0.4) is 0 Å². The van der Waals surface area contributed by atoms with Crippen LogP contribution in [0.4, 0.5) is 5.69 Å². The largest absolute Gasteiger partial charge is 0.321 e. The first-order valence-corrected chi connectivity index (χ1v) is 8.48. The van der Waals surface area contributed by atoms with Crippen molar-refractivity contribution < 1.29 is 8.42 Å². The lowest BCUT2D eigenvalue weighted by Crippen LogP contribution is -2.41. The highest BCUT2D eigenvalue weighted by Crippen LogP contribution is 2.29. The van der Waals surface area contributed by atoms with E-state index in [4.69, 9.17) is 5.84 Å². The number of nitrogens with zero attached hydrogens (tertiary/aromatic N) is 2. The molecule has 2 rings (SSSR count). The highest BCUT2D eigenvalue weighted by atomic mass is 32.2. The molecule has 1 heterocycles. The molecule has 0 saturated heterocycles. The number of nitrogens with two attached hydrogens (primary N) is 1. The number of nitrogen functional groups attached to an aromatic ring is 1. The first-order chi connectivity index (χ1) is 9.61. The van der Waals surface area contributed by atoms with Crippen molar-refractivity contribution in [3.8, 4) is 0 Å². The third kappa shape index (κ3) is 2.94. The fourth-order valence-corrected chi connectivity index (χ4v) is 4.58. The van der Waals surface area contributed by atoms with Crippen molar-refractivity contribution in [1.29, 1.82) is 0 Å². The van der Waals surface area contributed by atoms with Gasteiger partial charge in [-0.2, -0.15) is 4.31 Å². The van der Waals surface area contributed by atoms with Crippen molar-refractivity contribution in [2.24, 2.45) is 5.84 Å². The number of sulfonamides is 1. The number of rotatable bonds is 5. The Balaban J connectivity index is 2.35. The van der Waals surface area contributed by atoms with Gasteiger partial charge in [-0.25, -0.2) is 13.4 Å². The van der Waals surface area contributed by atoms with E-state index in [2.05, 4.69) is 10.4 Å². The van der Waals surface area contributed by atoms with Gasteiger partial charge in [0.1, 0.15) is 0 Å². The molecule has 0 spiro atoms. The minimum Gasteiger partial charge on any atom is -0.321 e. The van der Waals surface area contributed by atoms with E-state index in [0.717, 1.165) is 25.7 Å². The highest BCUT2D eigenvalue weighted by Gasteiger charge is 2.33. The Bertz CT molecular complexity index is 541. The van der Waals surface area contributed by atoms with E-state index in [9.17, 15) is 8.42 Å². The second-order valence-electron chi connectivity index (χ2n) is 5.00. The van der Waals surface area contributed by atoms with E-state index in [1.807, 2.05) is 6.92 Å². The van der Waals surface area contributed by atoms with Crippen LogP contribution < -0.4 is 11.3 Å². The van der Waals surface area contributed by atoms with Gasteiger partial charge >= 0.3 is 0 Å². The zero-order chi connectivity index (χ0) is 14.6. The molecule has 1 aromatic rings. The van der Waals surface area contributed by atoms with E-state index in [-0.39, 0.29) is 11.1 Å². The van der Waals surface area contributed by atoms with Crippen molar-refractivity contribution in [3.05, 3.63) is 18.3 Å². The Morgan fingerprint density at radius 3 is 2.70 bits per heavy atom. The lowest BCUT2D eigenvalue weighted by Gasteiger charge is -2.32. The van der Waals surface area contributed by atoms with Gasteiger partial charge in [-0.3, -0.25) is 5.84 Å². The molecular weight excluding hydrogens is 276 g/mol. The Morgan fingerprint density at radius 1 is 1.40 bits per heavy atom. The van der Waals surface area contributed by atoms with Gasteiger partial charge in [0.05, 0.1) is 5.69 Å². The van der Waals surface area contributed by atoms with Crippen molar-refractivity contribution in [2.75, 3.05) is 12.0 Å². The van der Waals surface area contributed by atoms with Crippen LogP contribution in [0, 0.1) is 0 Å². The minimum absolute atomic E-state index is 0.00919. The summed E-state index contributed by atoms with van der Waals surface area (Å²) in [6.45, 7) is 2.32. The Hall–Kier alpha value is -1.18. The predicted octanol–water partition coefficient (Wildman–Crippen LogP) is 1.71. The number of pyridine rings is 1. The summed E-state index contributed by atoms with van der Waals surface area (Å²) in [7, 11) is -3.61. The standard InChI is InChI=1S/C13H22N4O2S/c1-2-17(11-7-4-3-5-8-11)20(18,19)13-12(16-14)9-6-10-15-13/h6,9-11,16H,2-5,7-8,14H2,1H3. The summed E-state index contributed by atoms with van der Waals surface area (Å²) < 4.78 is 27.2. The summed E-state index contributed by atoms with van der Waals surface area (Å²) >= 11 is 0. The summed E-state index contributed by atoms with van der Waals surface area (Å²) in [5.74, 6) is 5.39. The first kappa shape index (κ1) is 15.2. The second kappa shape index (κ2) is 6.51. The van der Waals surface area contributed by atoms with E-state index < -0.39 is 10.0 Å². The molecule has 0 radical (unpaired) electrons. The minimum atomic E-state index is -3.61. The fraction of sp³-hybridized carbons (Fsp3) is 0.615. The van der Waals surface area contributed by atoms with Crippen LogP contribution in [0.5, 0.6) is 0 Å². The molecule has 0 amide bonds. The van der Waals surface area contributed by atoms with Crippen LogP contribution >= 0.6 is 0 Å². The molecule has 7 heteroatoms. The molecule has 0 aliphatic heterocycles. The molecule has 6 nitrogen and oxygen atoms in total. The third-order valence-corrected chi connectivity index (χ3v) is 5.76. The SMILES string of the molecule is CCN(C1CCCCC1)S(=O)(=O)c1ncccc1NN. The first-order valence-electron chi connectivity index (χ1n) is 7.04. The second-order valence-corrected chi connectivity index (χ2v) is 6.81. The summed E-state index contributed by atoms with van der Waals surface area (Å²) in [4.78, 5) is 4.01. The normalized spacial score (nSPS) is 17.4. The zero-order valence-electron chi connectivity index (χ0n) is 11.7. The van der Waals surface area contributed by atoms with Crippen molar-refractivity contribution in [3.63, 3.8) is 0 Å². The maximum Gasteiger partial charge on any atom is 0.262 e. The van der Waals surface area contributed by atoms with Crippen molar-refractivity contribution >= 4 is 15.7 Å². The Labute approximate surface area is 120 Å². The zero-order valence-corrected chi connectivity index (χ0v) is 12.6. The summed E-state index contributed by atoms with van der Waals surface area (Å²) in [6, 6.07) is 3.35. The molecule has 112 valence electrons. The molecule has 0 atom stereocenters. The fourth-order valence-electron chi connectivity index (χ4n) is 2.81. The number of anilines is 1. The molecule has 0 aromatic carbocycles. The topological polar surface area (TPSA) is 88.3 Å². The smallest absolute Gasteiger partial charge is 0.262 e. The number of hydrazine groups is 1. The third-order valence-electron chi connectivity index (χ3n) is 3.77. The highest BCUT2D eigenvalue weighted by molar-refractivity contribution is 7.89. The maximum atomic E-state index is 12.8. The molecule has 0 unspecified atom stereocenters. The quantitative estimate of drug-likeness (QED) is 0.638. The average Bonchev–Trinajstić information content (AvgIpc) is 2.48. The van der Waals surface area contributed by atoms with Crippen LogP contribution in [0.25, 0.3) is 0 Å². The predicted molar refractivity (Wildman–Crippen MR) is 78.5 cm³/mol. The molecule has 0 bridgehead atoms. The van der Waals surface area contributed by atoms with E-state index >= 15 is 0 Å². The number of hydrogen-bond donors (Lipinski definition) is 2. The molecule has 1 fully saturated rings. The van der Waals surface area contributed by atoms with E-state index in [1.165, 1.54) is 12.6 Å². The summed E-state index contributed by atoms with van der Waals surface area (Å²) in [5, 5.41) is 0.00919. The number of nitrogens with one attached hydrogen (secondary N) is 1. The van der Waals surface area contributed by atoms with Gasteiger partial charge < -0.3 is 5.43 Å². The summed E-state index contributed by atoms with van der Waals surface area (Å²) in [6.07, 6.45) is 6.67. The molecular formula is C13H22N4O2S. The molecule has 1 aliphatic rings. The van der Waals surface area contributed by atoms with Gasteiger partial charge in [0.15, 0.2) is 5.03 Å². The van der Waals surface area contributed by atoms with Crippen molar-refractivity contribution in [1.82, 2.24) is 9.29 Å². The molecule has 1 aromatic heterocycles. The average molecular weight is 298 g/mol. The van der Waals surface area contributed by atoms with Gasteiger partial charge in [-0.15, -0.1) is 0 Å². The van der Waals surface area contributed by atoms with Crippen LogP contribution in [-0.2, 0) is 10.0 Å². The monoisotopic (exact) mass is 298 g/mol. The molecule has 1 aliphatic carbocycles.